The smallest absolute Gasteiger partial charge is 0.227 e. The molecule has 2 aromatic heterocycles. The predicted octanol–water partition coefficient (Wildman–Crippen LogP) is 3.31. The number of anilines is 2. The average Bonchev–Trinajstić information content (AvgIpc) is 3.20. The molecule has 29 heavy (non-hydrogen) atoms. The summed E-state index contributed by atoms with van der Waals surface area (Å²) in [5.41, 5.74) is 1.94. The zero-order chi connectivity index (χ0) is 19.6. The van der Waals surface area contributed by atoms with Crippen LogP contribution in [-0.2, 0) is 4.74 Å². The lowest BCUT2D eigenvalue weighted by Crippen LogP contribution is -2.37. The number of aliphatic hydroxyl groups excluding tert-OH is 1. The molecule has 0 atom stereocenters. The maximum Gasteiger partial charge on any atom is 0.227 e. The molecule has 3 heterocycles. The van der Waals surface area contributed by atoms with Gasteiger partial charge >= 0.3 is 0 Å². The van der Waals surface area contributed by atoms with E-state index in [9.17, 15) is 5.11 Å². The Morgan fingerprint density at radius 3 is 2.66 bits per heavy atom. The number of para-hydroxylation sites is 1. The lowest BCUT2D eigenvalue weighted by atomic mass is 9.93. The van der Waals surface area contributed by atoms with E-state index >= 15 is 0 Å². The van der Waals surface area contributed by atoms with Crippen LogP contribution in [0.3, 0.4) is 0 Å². The van der Waals surface area contributed by atoms with Gasteiger partial charge in [0.05, 0.1) is 35.1 Å². The SMILES string of the molecule is OC1CCC(Nc2nc(N3CCOCC3)ncc2-c2nc3ccccc3s2)CC1. The lowest BCUT2D eigenvalue weighted by Gasteiger charge is -2.29. The minimum Gasteiger partial charge on any atom is -0.393 e. The Balaban J connectivity index is 1.50. The van der Waals surface area contributed by atoms with Crippen molar-refractivity contribution in [2.75, 3.05) is 36.5 Å². The van der Waals surface area contributed by atoms with Crippen molar-refractivity contribution in [3.8, 4) is 10.6 Å². The highest BCUT2D eigenvalue weighted by molar-refractivity contribution is 7.21. The van der Waals surface area contributed by atoms with Crippen molar-refractivity contribution in [3.05, 3.63) is 30.5 Å². The van der Waals surface area contributed by atoms with Crippen LogP contribution in [0.15, 0.2) is 30.5 Å². The fraction of sp³-hybridized carbons (Fsp3) is 0.476. The molecular weight excluding hydrogens is 386 g/mol. The number of hydrogen-bond acceptors (Lipinski definition) is 8. The molecule has 2 N–H and O–H groups in total. The van der Waals surface area contributed by atoms with Crippen LogP contribution in [0.1, 0.15) is 25.7 Å². The topological polar surface area (TPSA) is 83.4 Å². The zero-order valence-corrected chi connectivity index (χ0v) is 17.1. The van der Waals surface area contributed by atoms with Gasteiger partial charge in [0, 0.05) is 25.3 Å². The highest BCUT2D eigenvalue weighted by atomic mass is 32.1. The molecule has 5 rings (SSSR count). The maximum atomic E-state index is 9.84. The number of thiazole rings is 1. The van der Waals surface area contributed by atoms with Gasteiger partial charge in [-0.1, -0.05) is 12.1 Å². The van der Waals surface area contributed by atoms with Gasteiger partial charge in [-0.3, -0.25) is 0 Å². The summed E-state index contributed by atoms with van der Waals surface area (Å²) in [7, 11) is 0. The summed E-state index contributed by atoms with van der Waals surface area (Å²) in [6.45, 7) is 3.00. The van der Waals surface area contributed by atoms with Gasteiger partial charge in [0.2, 0.25) is 5.95 Å². The third kappa shape index (κ3) is 4.05. The number of aliphatic hydroxyl groups is 1. The van der Waals surface area contributed by atoms with E-state index in [0.29, 0.717) is 19.3 Å². The van der Waals surface area contributed by atoms with Crippen LogP contribution in [-0.4, -0.2) is 58.5 Å². The molecule has 1 aliphatic heterocycles. The summed E-state index contributed by atoms with van der Waals surface area (Å²) in [5, 5.41) is 14.4. The molecule has 152 valence electrons. The minimum atomic E-state index is -0.175. The number of morpholine rings is 1. The molecule has 0 spiro atoms. The van der Waals surface area contributed by atoms with E-state index in [1.807, 2.05) is 24.4 Å². The molecular formula is C21H25N5O2S. The Morgan fingerprint density at radius 1 is 1.07 bits per heavy atom. The van der Waals surface area contributed by atoms with Gasteiger partial charge in [-0.15, -0.1) is 11.3 Å². The largest absolute Gasteiger partial charge is 0.393 e. The van der Waals surface area contributed by atoms with Crippen molar-refractivity contribution >= 4 is 33.3 Å². The molecule has 8 heteroatoms. The van der Waals surface area contributed by atoms with E-state index in [4.69, 9.17) is 14.7 Å². The average molecular weight is 412 g/mol. The van der Waals surface area contributed by atoms with Gasteiger partial charge in [-0.2, -0.15) is 4.98 Å². The molecule has 1 aromatic carbocycles. The van der Waals surface area contributed by atoms with Crippen molar-refractivity contribution < 1.29 is 9.84 Å². The molecule has 3 aromatic rings. The predicted molar refractivity (Wildman–Crippen MR) is 116 cm³/mol. The van der Waals surface area contributed by atoms with Gasteiger partial charge in [-0.25, -0.2) is 9.97 Å². The molecule has 2 aliphatic rings. The van der Waals surface area contributed by atoms with E-state index in [-0.39, 0.29) is 6.10 Å². The third-order valence-electron chi connectivity index (χ3n) is 5.63. The van der Waals surface area contributed by atoms with Gasteiger partial charge in [-0.05, 0) is 37.8 Å². The number of ether oxygens (including phenoxy) is 1. The summed E-state index contributed by atoms with van der Waals surface area (Å²) in [4.78, 5) is 16.6. The Morgan fingerprint density at radius 2 is 1.86 bits per heavy atom. The summed E-state index contributed by atoms with van der Waals surface area (Å²) in [6, 6.07) is 8.48. The molecule has 0 radical (unpaired) electrons. The fourth-order valence-electron chi connectivity index (χ4n) is 3.96. The van der Waals surface area contributed by atoms with Crippen molar-refractivity contribution in [2.24, 2.45) is 0 Å². The van der Waals surface area contributed by atoms with Crippen molar-refractivity contribution in [2.45, 2.75) is 37.8 Å². The molecule has 0 bridgehead atoms. The highest BCUT2D eigenvalue weighted by Gasteiger charge is 2.23. The Bertz CT molecular complexity index is 947. The number of aromatic nitrogens is 3. The van der Waals surface area contributed by atoms with Gasteiger partial charge in [0.15, 0.2) is 0 Å². The summed E-state index contributed by atoms with van der Waals surface area (Å²) in [6.07, 6.45) is 5.26. The standard InChI is InChI=1S/C21H25N5O2S/c27-15-7-5-14(6-8-15)23-19-16(20-24-17-3-1-2-4-18(17)29-20)13-22-21(25-19)26-9-11-28-12-10-26/h1-4,13-15,27H,5-12H2,(H,22,23,25). The normalized spacial score (nSPS) is 22.7. The number of nitrogens with one attached hydrogen (secondary N) is 1. The second kappa shape index (κ2) is 8.22. The summed E-state index contributed by atoms with van der Waals surface area (Å²) < 4.78 is 6.62. The molecule has 1 saturated carbocycles. The second-order valence-corrected chi connectivity index (χ2v) is 8.70. The van der Waals surface area contributed by atoms with Crippen LogP contribution >= 0.6 is 11.3 Å². The van der Waals surface area contributed by atoms with E-state index in [1.165, 1.54) is 0 Å². The summed E-state index contributed by atoms with van der Waals surface area (Å²) in [5.74, 6) is 1.57. The number of benzene rings is 1. The number of hydrogen-bond donors (Lipinski definition) is 2. The Kier molecular flexibility index (Phi) is 5.30. The van der Waals surface area contributed by atoms with E-state index < -0.39 is 0 Å². The highest BCUT2D eigenvalue weighted by Crippen LogP contribution is 2.35. The molecule has 0 amide bonds. The molecule has 2 fully saturated rings. The summed E-state index contributed by atoms with van der Waals surface area (Å²) >= 11 is 1.66. The van der Waals surface area contributed by atoms with E-state index in [1.54, 1.807) is 11.3 Å². The minimum absolute atomic E-state index is 0.175. The van der Waals surface area contributed by atoms with Crippen LogP contribution in [0.25, 0.3) is 20.8 Å². The van der Waals surface area contributed by atoms with Crippen LogP contribution in [0, 0.1) is 0 Å². The van der Waals surface area contributed by atoms with Crippen molar-refractivity contribution in [3.63, 3.8) is 0 Å². The number of rotatable bonds is 4. The van der Waals surface area contributed by atoms with Gasteiger partial charge in [0.1, 0.15) is 10.8 Å². The maximum absolute atomic E-state index is 9.84. The van der Waals surface area contributed by atoms with Crippen molar-refractivity contribution in [1.82, 2.24) is 15.0 Å². The zero-order valence-electron chi connectivity index (χ0n) is 16.3. The molecule has 7 nitrogen and oxygen atoms in total. The van der Waals surface area contributed by atoms with E-state index in [0.717, 1.165) is 71.3 Å². The number of fused-ring (bicyclic) bond motifs is 1. The quantitative estimate of drug-likeness (QED) is 0.681. The van der Waals surface area contributed by atoms with Crippen LogP contribution in [0.2, 0.25) is 0 Å². The monoisotopic (exact) mass is 411 g/mol. The first-order chi connectivity index (χ1) is 14.3. The third-order valence-corrected chi connectivity index (χ3v) is 6.70. The van der Waals surface area contributed by atoms with Gasteiger partial charge in [0.25, 0.3) is 0 Å². The van der Waals surface area contributed by atoms with Crippen LogP contribution in [0.4, 0.5) is 11.8 Å². The molecule has 1 aliphatic carbocycles. The fourth-order valence-corrected chi connectivity index (χ4v) is 4.93. The first kappa shape index (κ1) is 18.7. The Labute approximate surface area is 173 Å². The van der Waals surface area contributed by atoms with Crippen LogP contribution in [0.5, 0.6) is 0 Å². The molecule has 0 unspecified atom stereocenters. The second-order valence-electron chi connectivity index (χ2n) is 7.67. The number of nitrogens with zero attached hydrogens (tertiary/aromatic N) is 4. The van der Waals surface area contributed by atoms with Gasteiger partial charge < -0.3 is 20.1 Å². The first-order valence-corrected chi connectivity index (χ1v) is 11.1. The molecule has 1 saturated heterocycles. The Hall–Kier alpha value is -2.29. The van der Waals surface area contributed by atoms with Crippen molar-refractivity contribution in [1.29, 1.82) is 0 Å². The van der Waals surface area contributed by atoms with Crippen LogP contribution < -0.4 is 10.2 Å². The lowest BCUT2D eigenvalue weighted by molar-refractivity contribution is 0.122. The van der Waals surface area contributed by atoms with E-state index in [2.05, 4.69) is 21.3 Å². The first-order valence-electron chi connectivity index (χ1n) is 10.3.